The van der Waals surface area contributed by atoms with Crippen LogP contribution >= 0.6 is 12.6 Å². The Hall–Kier alpha value is -2.03. The summed E-state index contributed by atoms with van der Waals surface area (Å²) in [6.07, 6.45) is 6.88. The number of thiol groups is 1. The molecule has 8 nitrogen and oxygen atoms in total. The highest BCUT2D eigenvalue weighted by Gasteiger charge is 2.23. The van der Waals surface area contributed by atoms with Crippen LogP contribution in [0.3, 0.4) is 0 Å². The highest BCUT2D eigenvalue weighted by Crippen LogP contribution is 2.31. The molecule has 9 heteroatoms. The van der Waals surface area contributed by atoms with E-state index in [0.717, 1.165) is 18.2 Å². The Labute approximate surface area is 155 Å². The predicted octanol–water partition coefficient (Wildman–Crippen LogP) is 2.75. The minimum Gasteiger partial charge on any atom is -0.388 e. The van der Waals surface area contributed by atoms with Crippen molar-refractivity contribution in [3.8, 4) is 0 Å². The molecule has 0 saturated heterocycles. The molecule has 25 heavy (non-hydrogen) atoms. The molecule has 0 atom stereocenters. The molecule has 1 fully saturated rings. The lowest BCUT2D eigenvalue weighted by Gasteiger charge is -2.01. The fraction of sp³-hybridized carbons (Fsp3) is 0.625. The van der Waals surface area contributed by atoms with Crippen LogP contribution in [0.25, 0.3) is 0 Å². The Kier molecular flexibility index (Phi) is 15.6. The first kappa shape index (κ1) is 25.2. The van der Waals surface area contributed by atoms with Crippen LogP contribution in [0.1, 0.15) is 38.8 Å². The summed E-state index contributed by atoms with van der Waals surface area (Å²) in [7, 11) is 0. The van der Waals surface area contributed by atoms with E-state index in [4.69, 9.17) is 11.1 Å². The first-order chi connectivity index (χ1) is 11.9. The predicted molar refractivity (Wildman–Crippen MR) is 105 cm³/mol. The molecule has 0 radical (unpaired) electrons. The molecule has 0 unspecified atom stereocenters. The van der Waals surface area contributed by atoms with E-state index in [2.05, 4.69) is 17.9 Å². The van der Waals surface area contributed by atoms with Gasteiger partial charge in [-0.25, -0.2) is 0 Å². The van der Waals surface area contributed by atoms with Crippen LogP contribution < -0.4 is 11.1 Å². The van der Waals surface area contributed by atoms with Gasteiger partial charge in [-0.2, -0.15) is 12.6 Å². The van der Waals surface area contributed by atoms with Crippen LogP contribution in [-0.4, -0.2) is 34.5 Å². The average molecular weight is 374 g/mol. The Morgan fingerprint density at radius 2 is 2.08 bits per heavy atom. The van der Waals surface area contributed by atoms with Gasteiger partial charge >= 0.3 is 0 Å². The van der Waals surface area contributed by atoms with Crippen LogP contribution in [0.4, 0.5) is 5.69 Å². The molecule has 1 aliphatic rings. The van der Waals surface area contributed by atoms with E-state index >= 15 is 0 Å². The van der Waals surface area contributed by atoms with Gasteiger partial charge in [0.1, 0.15) is 0 Å². The Morgan fingerprint density at radius 1 is 1.52 bits per heavy atom. The van der Waals surface area contributed by atoms with E-state index in [9.17, 15) is 14.9 Å². The van der Waals surface area contributed by atoms with Crippen molar-refractivity contribution in [3.63, 3.8) is 0 Å². The fourth-order valence-corrected chi connectivity index (χ4v) is 1.74. The number of amides is 1. The second kappa shape index (κ2) is 15.5. The Morgan fingerprint density at radius 3 is 2.44 bits per heavy atom. The summed E-state index contributed by atoms with van der Waals surface area (Å²) in [6.45, 7) is 7.31. The molecule has 0 spiro atoms. The number of nitrogens with one attached hydrogen (secondary N) is 2. The Bertz CT molecular complexity index is 516. The summed E-state index contributed by atoms with van der Waals surface area (Å²) >= 11 is 3.53. The molecule has 1 heterocycles. The lowest BCUT2D eigenvalue weighted by atomic mass is 10.4. The molecule has 1 amide bonds. The third-order valence-electron chi connectivity index (χ3n) is 3.08. The molecule has 1 aliphatic carbocycles. The SMILES string of the molecule is CC.CS.Cc1cc([N+](=O)[O-])cn1CC1CC1.N=C(N)CCNC=O. The lowest BCUT2D eigenvalue weighted by Crippen LogP contribution is -2.19. The average Bonchev–Trinajstić information content (AvgIpc) is 3.34. The van der Waals surface area contributed by atoms with Gasteiger partial charge < -0.3 is 15.6 Å². The zero-order chi connectivity index (χ0) is 19.8. The number of nitrogens with zero attached hydrogens (tertiary/aromatic N) is 2. The molecule has 1 aromatic heterocycles. The molecule has 4 N–H and O–H groups in total. The number of aromatic nitrogens is 1. The monoisotopic (exact) mass is 373 g/mol. The highest BCUT2D eigenvalue weighted by atomic mass is 32.1. The van der Waals surface area contributed by atoms with Crippen molar-refractivity contribution in [1.82, 2.24) is 9.88 Å². The number of hydrogen-bond acceptors (Lipinski definition) is 5. The summed E-state index contributed by atoms with van der Waals surface area (Å²) in [5, 5.41) is 19.5. The van der Waals surface area contributed by atoms with Crippen LogP contribution in [0.2, 0.25) is 0 Å². The van der Waals surface area contributed by atoms with Crippen molar-refractivity contribution in [2.24, 2.45) is 11.7 Å². The van der Waals surface area contributed by atoms with Gasteiger partial charge in [0.05, 0.1) is 17.0 Å². The van der Waals surface area contributed by atoms with Gasteiger partial charge in [-0.15, -0.1) is 0 Å². The first-order valence-electron chi connectivity index (χ1n) is 8.19. The van der Waals surface area contributed by atoms with Gasteiger partial charge in [0, 0.05) is 31.3 Å². The number of nitro groups is 1. The minimum absolute atomic E-state index is 0.0966. The number of carbonyl (C=O) groups is 1. The van der Waals surface area contributed by atoms with E-state index in [1.807, 2.05) is 25.3 Å². The van der Waals surface area contributed by atoms with E-state index in [1.165, 1.54) is 12.8 Å². The van der Waals surface area contributed by atoms with Gasteiger partial charge in [0.15, 0.2) is 0 Å². The van der Waals surface area contributed by atoms with E-state index in [0.29, 0.717) is 19.4 Å². The zero-order valence-corrected chi connectivity index (χ0v) is 16.4. The molecule has 144 valence electrons. The number of nitrogens with two attached hydrogens (primary N) is 1. The molecular weight excluding hydrogens is 342 g/mol. The summed E-state index contributed by atoms with van der Waals surface area (Å²) in [6, 6.07) is 1.63. The summed E-state index contributed by atoms with van der Waals surface area (Å²) in [5.74, 6) is 0.852. The van der Waals surface area contributed by atoms with Crippen molar-refractivity contribution in [2.45, 2.75) is 46.6 Å². The maximum absolute atomic E-state index is 10.5. The highest BCUT2D eigenvalue weighted by molar-refractivity contribution is 7.79. The maximum atomic E-state index is 10.5. The summed E-state index contributed by atoms with van der Waals surface area (Å²) in [4.78, 5) is 19.7. The van der Waals surface area contributed by atoms with Crippen LogP contribution in [-0.2, 0) is 11.3 Å². The van der Waals surface area contributed by atoms with Gasteiger partial charge in [-0.1, -0.05) is 13.8 Å². The Balaban J connectivity index is 0. The zero-order valence-electron chi connectivity index (χ0n) is 15.5. The summed E-state index contributed by atoms with van der Waals surface area (Å²) in [5.41, 5.74) is 6.15. The maximum Gasteiger partial charge on any atom is 0.287 e. The van der Waals surface area contributed by atoms with Gasteiger partial charge in [-0.3, -0.25) is 20.3 Å². The first-order valence-corrected chi connectivity index (χ1v) is 9.09. The third kappa shape index (κ3) is 13.0. The molecule has 0 bridgehead atoms. The van der Waals surface area contributed by atoms with Gasteiger partial charge in [-0.05, 0) is 31.9 Å². The van der Waals surface area contributed by atoms with E-state index in [1.54, 1.807) is 18.5 Å². The minimum atomic E-state index is -0.337. The largest absolute Gasteiger partial charge is 0.388 e. The normalized spacial score (nSPS) is 11.4. The lowest BCUT2D eigenvalue weighted by molar-refractivity contribution is -0.384. The molecule has 0 aliphatic heterocycles. The molecule has 2 rings (SSSR count). The topological polar surface area (TPSA) is 127 Å². The van der Waals surface area contributed by atoms with E-state index in [-0.39, 0.29) is 16.4 Å². The van der Waals surface area contributed by atoms with Crippen molar-refractivity contribution in [3.05, 3.63) is 28.1 Å². The second-order valence-electron chi connectivity index (χ2n) is 5.04. The standard InChI is InChI=1S/C9H12N2O2.C4H9N3O.C2H6.CH4S/c1-7-4-9(11(12)13)6-10(7)5-8-2-3-8;5-4(6)1-2-7-3-8;2*1-2/h4,6,8H,2-3,5H2,1H3;3H,1-2H2,(H3,5,6)(H,7,8);1-2H3;2H,1H3. The van der Waals surface area contributed by atoms with Crippen molar-refractivity contribution in [2.75, 3.05) is 12.8 Å². The van der Waals surface area contributed by atoms with Crippen LogP contribution in [0.5, 0.6) is 0 Å². The van der Waals surface area contributed by atoms with Gasteiger partial charge in [0.2, 0.25) is 6.41 Å². The quantitative estimate of drug-likeness (QED) is 0.111. The number of rotatable bonds is 7. The van der Waals surface area contributed by atoms with Crippen molar-refractivity contribution >= 4 is 30.6 Å². The third-order valence-corrected chi connectivity index (χ3v) is 3.08. The fourth-order valence-electron chi connectivity index (χ4n) is 1.74. The molecular formula is C16H31N5O3S. The number of aryl methyl sites for hydroxylation is 1. The second-order valence-corrected chi connectivity index (χ2v) is 5.04. The smallest absolute Gasteiger partial charge is 0.287 e. The number of hydrogen-bond donors (Lipinski definition) is 4. The van der Waals surface area contributed by atoms with Gasteiger partial charge in [0.25, 0.3) is 5.69 Å². The number of amidine groups is 1. The van der Waals surface area contributed by atoms with E-state index < -0.39 is 0 Å². The molecule has 0 aromatic carbocycles. The van der Waals surface area contributed by atoms with Crippen LogP contribution in [0.15, 0.2) is 12.3 Å². The molecule has 1 aromatic rings. The molecule has 1 saturated carbocycles. The summed E-state index contributed by atoms with van der Waals surface area (Å²) < 4.78 is 1.98. The van der Waals surface area contributed by atoms with Crippen LogP contribution in [0, 0.1) is 28.4 Å². The van der Waals surface area contributed by atoms with Crippen molar-refractivity contribution < 1.29 is 9.72 Å². The number of carbonyl (C=O) groups excluding carboxylic acids is 1. The van der Waals surface area contributed by atoms with Crippen molar-refractivity contribution in [1.29, 1.82) is 5.41 Å².